The summed E-state index contributed by atoms with van der Waals surface area (Å²) in [4.78, 5) is 14.3. The lowest BCUT2D eigenvalue weighted by Crippen LogP contribution is -2.16. The van der Waals surface area contributed by atoms with Crippen LogP contribution in [0.2, 0.25) is 0 Å². The van der Waals surface area contributed by atoms with Gasteiger partial charge in [0, 0.05) is 6.07 Å². The minimum absolute atomic E-state index is 0.0777. The fourth-order valence-electron chi connectivity index (χ4n) is 1.23. The van der Waals surface area contributed by atoms with Crippen LogP contribution >= 0.6 is 0 Å². The molecule has 1 heterocycles. The molecule has 0 unspecified atom stereocenters. The molecule has 0 atom stereocenters. The molecule has 5 nitrogen and oxygen atoms in total. The van der Waals surface area contributed by atoms with Gasteiger partial charge in [-0.25, -0.2) is 14.2 Å². The highest BCUT2D eigenvalue weighted by Gasteiger charge is 2.02. The van der Waals surface area contributed by atoms with E-state index in [1.807, 2.05) is 0 Å². The van der Waals surface area contributed by atoms with Crippen LogP contribution in [0.1, 0.15) is 0 Å². The van der Waals surface area contributed by atoms with E-state index in [4.69, 9.17) is 10.5 Å². The summed E-state index contributed by atoms with van der Waals surface area (Å²) in [6.45, 7) is 0. The van der Waals surface area contributed by atoms with Crippen LogP contribution in [0.4, 0.5) is 9.18 Å². The third-order valence-corrected chi connectivity index (χ3v) is 1.96. The van der Waals surface area contributed by atoms with Crippen LogP contribution in [0.3, 0.4) is 0 Å². The first-order valence-corrected chi connectivity index (χ1v) is 5.00. The molecule has 0 aliphatic rings. The number of halogens is 1. The van der Waals surface area contributed by atoms with Gasteiger partial charge in [-0.15, -0.1) is 0 Å². The summed E-state index contributed by atoms with van der Waals surface area (Å²) >= 11 is 0. The number of nitrogens with zero attached hydrogens (tertiary/aromatic N) is 1. The van der Waals surface area contributed by atoms with Crippen molar-refractivity contribution in [3.63, 3.8) is 0 Å². The second-order valence-electron chi connectivity index (χ2n) is 3.31. The quantitative estimate of drug-likeness (QED) is 0.905. The van der Waals surface area contributed by atoms with E-state index in [2.05, 4.69) is 9.72 Å². The van der Waals surface area contributed by atoms with Gasteiger partial charge in [0.05, 0.1) is 6.20 Å². The van der Waals surface area contributed by atoms with Crippen molar-refractivity contribution < 1.29 is 18.7 Å². The minimum atomic E-state index is -0.935. The molecule has 0 fully saturated rings. The normalized spacial score (nSPS) is 9.83. The average molecular weight is 248 g/mol. The van der Waals surface area contributed by atoms with Gasteiger partial charge in [0.1, 0.15) is 17.3 Å². The predicted octanol–water partition coefficient (Wildman–Crippen LogP) is 2.47. The Morgan fingerprint density at radius 1 is 1.11 bits per heavy atom. The topological polar surface area (TPSA) is 74.4 Å². The highest BCUT2D eigenvalue weighted by Crippen LogP contribution is 2.22. The fraction of sp³-hybridized carbons (Fsp3) is 0. The molecule has 2 rings (SSSR count). The number of ether oxygens (including phenoxy) is 2. The number of benzene rings is 1. The summed E-state index contributed by atoms with van der Waals surface area (Å²) in [6.07, 6.45) is 0.427. The highest BCUT2D eigenvalue weighted by molar-refractivity contribution is 5.67. The number of pyridine rings is 1. The van der Waals surface area contributed by atoms with Gasteiger partial charge >= 0.3 is 6.09 Å². The Bertz CT molecular complexity index is 540. The first kappa shape index (κ1) is 11.8. The summed E-state index contributed by atoms with van der Waals surface area (Å²) in [5, 5.41) is 0. The van der Waals surface area contributed by atoms with Crippen LogP contribution in [0.15, 0.2) is 42.6 Å². The molecule has 18 heavy (non-hydrogen) atoms. The average Bonchev–Trinajstić information content (AvgIpc) is 2.34. The van der Waals surface area contributed by atoms with Crippen LogP contribution < -0.4 is 15.2 Å². The number of carbonyl (C=O) groups is 1. The highest BCUT2D eigenvalue weighted by atomic mass is 19.1. The monoisotopic (exact) mass is 248 g/mol. The molecule has 0 aliphatic heterocycles. The molecular weight excluding hydrogens is 239 g/mol. The third-order valence-electron chi connectivity index (χ3n) is 1.96. The lowest BCUT2D eigenvalue weighted by Gasteiger charge is -2.05. The Kier molecular flexibility index (Phi) is 3.38. The number of carbonyl (C=O) groups excluding carboxylic acids is 1. The maximum atomic E-state index is 12.7. The number of rotatable bonds is 3. The molecule has 0 aliphatic carbocycles. The maximum absolute atomic E-state index is 12.7. The fourth-order valence-corrected chi connectivity index (χ4v) is 1.23. The number of nitrogens with two attached hydrogens (primary N) is 1. The van der Waals surface area contributed by atoms with Crippen molar-refractivity contribution in [3.05, 3.63) is 48.4 Å². The Hall–Kier alpha value is -2.63. The van der Waals surface area contributed by atoms with Gasteiger partial charge in [0.15, 0.2) is 0 Å². The Labute approximate surface area is 102 Å². The largest absolute Gasteiger partial charge is 0.456 e. The van der Waals surface area contributed by atoms with Gasteiger partial charge in [-0.2, -0.15) is 0 Å². The van der Waals surface area contributed by atoms with E-state index in [0.717, 1.165) is 0 Å². The Balaban J connectivity index is 2.06. The number of amides is 1. The SMILES string of the molecule is NC(=O)Oc1ccc(Oc2ccc(F)cc2)cn1. The van der Waals surface area contributed by atoms with Gasteiger partial charge < -0.3 is 15.2 Å². The zero-order valence-electron chi connectivity index (χ0n) is 9.17. The standard InChI is InChI=1S/C12H9FN2O3/c13-8-1-3-9(4-2-8)17-10-5-6-11(15-7-10)18-12(14)16/h1-7H,(H2,14,16). The second kappa shape index (κ2) is 5.13. The molecule has 0 spiro atoms. The van der Waals surface area contributed by atoms with Crippen molar-refractivity contribution in [2.75, 3.05) is 0 Å². The molecule has 1 amide bonds. The maximum Gasteiger partial charge on any atom is 0.411 e. The Morgan fingerprint density at radius 2 is 1.78 bits per heavy atom. The van der Waals surface area contributed by atoms with Crippen LogP contribution in [0.25, 0.3) is 0 Å². The summed E-state index contributed by atoms with van der Waals surface area (Å²) < 4.78 is 22.6. The smallest absolute Gasteiger partial charge is 0.411 e. The van der Waals surface area contributed by atoms with E-state index < -0.39 is 6.09 Å². The van der Waals surface area contributed by atoms with Gasteiger partial charge in [-0.1, -0.05) is 0 Å². The summed E-state index contributed by atoms with van der Waals surface area (Å²) in [7, 11) is 0. The first-order chi connectivity index (χ1) is 8.63. The van der Waals surface area contributed by atoms with Gasteiger partial charge in [-0.05, 0) is 30.3 Å². The van der Waals surface area contributed by atoms with Crippen LogP contribution in [-0.2, 0) is 0 Å². The second-order valence-corrected chi connectivity index (χ2v) is 3.31. The van der Waals surface area contributed by atoms with Crippen LogP contribution in [-0.4, -0.2) is 11.1 Å². The van der Waals surface area contributed by atoms with Gasteiger partial charge in [-0.3, -0.25) is 0 Å². The van der Waals surface area contributed by atoms with E-state index >= 15 is 0 Å². The summed E-state index contributed by atoms with van der Waals surface area (Å²) in [6, 6.07) is 8.53. The summed E-state index contributed by atoms with van der Waals surface area (Å²) in [5.74, 6) is 0.639. The van der Waals surface area contributed by atoms with Crippen molar-refractivity contribution >= 4 is 6.09 Å². The van der Waals surface area contributed by atoms with Gasteiger partial charge in [0.25, 0.3) is 0 Å². The van der Waals surface area contributed by atoms with E-state index in [9.17, 15) is 9.18 Å². The van der Waals surface area contributed by atoms with Crippen molar-refractivity contribution in [2.24, 2.45) is 5.73 Å². The first-order valence-electron chi connectivity index (χ1n) is 5.00. The molecule has 6 heteroatoms. The lowest BCUT2D eigenvalue weighted by molar-refractivity contribution is 0.209. The van der Waals surface area contributed by atoms with Gasteiger partial charge in [0.2, 0.25) is 5.88 Å². The van der Waals surface area contributed by atoms with Crippen LogP contribution in [0, 0.1) is 5.82 Å². The van der Waals surface area contributed by atoms with E-state index in [0.29, 0.717) is 11.5 Å². The molecule has 0 saturated carbocycles. The number of hydrogen-bond donors (Lipinski definition) is 1. The molecule has 2 N–H and O–H groups in total. The summed E-state index contributed by atoms with van der Waals surface area (Å²) in [5.41, 5.74) is 4.83. The molecule has 0 radical (unpaired) electrons. The molecule has 1 aromatic heterocycles. The van der Waals surface area contributed by atoms with Crippen molar-refractivity contribution in [2.45, 2.75) is 0 Å². The number of aromatic nitrogens is 1. The molecular formula is C12H9FN2O3. The molecule has 0 saturated heterocycles. The molecule has 0 bridgehead atoms. The lowest BCUT2D eigenvalue weighted by atomic mass is 10.3. The van der Waals surface area contributed by atoms with E-state index in [-0.39, 0.29) is 11.7 Å². The molecule has 92 valence electrons. The van der Waals surface area contributed by atoms with Crippen molar-refractivity contribution in [1.29, 1.82) is 0 Å². The number of hydrogen-bond acceptors (Lipinski definition) is 4. The van der Waals surface area contributed by atoms with E-state index in [1.54, 1.807) is 6.07 Å². The minimum Gasteiger partial charge on any atom is -0.456 e. The molecule has 2 aromatic rings. The zero-order chi connectivity index (χ0) is 13.0. The van der Waals surface area contributed by atoms with Crippen molar-refractivity contribution in [1.82, 2.24) is 4.98 Å². The van der Waals surface area contributed by atoms with Crippen LogP contribution in [0.5, 0.6) is 17.4 Å². The predicted molar refractivity (Wildman–Crippen MR) is 60.9 cm³/mol. The molecule has 1 aromatic carbocycles. The van der Waals surface area contributed by atoms with Crippen molar-refractivity contribution in [3.8, 4) is 17.4 Å². The van der Waals surface area contributed by atoms with E-state index in [1.165, 1.54) is 36.5 Å². The number of primary amides is 1. The Morgan fingerprint density at radius 3 is 2.33 bits per heavy atom. The zero-order valence-corrected chi connectivity index (χ0v) is 9.17. The third kappa shape index (κ3) is 3.18.